The number of fused-ring (bicyclic) bond motifs is 1. The van der Waals surface area contributed by atoms with Crippen LogP contribution in [-0.2, 0) is 4.79 Å². The van der Waals surface area contributed by atoms with Crippen LogP contribution in [0.15, 0.2) is 59.1 Å². The van der Waals surface area contributed by atoms with Crippen molar-refractivity contribution in [1.82, 2.24) is 4.90 Å². The van der Waals surface area contributed by atoms with E-state index in [1.54, 1.807) is 17.0 Å². The Labute approximate surface area is 188 Å². The molecule has 0 N–H and O–H groups in total. The highest BCUT2D eigenvalue weighted by molar-refractivity contribution is 9.10. The smallest absolute Gasteiger partial charge is 0.260 e. The summed E-state index contributed by atoms with van der Waals surface area (Å²) in [5.74, 6) is -0.0308. The Balaban J connectivity index is 1.32. The quantitative estimate of drug-likeness (QED) is 0.493. The molecule has 4 rings (SSSR count). The molecule has 31 heavy (non-hydrogen) atoms. The Hall–Kier alpha value is -2.93. The Morgan fingerprint density at radius 3 is 2.39 bits per heavy atom. The van der Waals surface area contributed by atoms with Gasteiger partial charge in [0.15, 0.2) is 12.4 Å². The predicted octanol–water partition coefficient (Wildman–Crippen LogP) is 4.67. The van der Waals surface area contributed by atoms with Crippen molar-refractivity contribution in [3.63, 3.8) is 0 Å². The summed E-state index contributed by atoms with van der Waals surface area (Å²) < 4.78 is 21.1. The number of halogens is 2. The first-order chi connectivity index (χ1) is 14.9. The average molecular weight is 485 g/mol. The van der Waals surface area contributed by atoms with Gasteiger partial charge in [-0.2, -0.15) is 0 Å². The van der Waals surface area contributed by atoms with Gasteiger partial charge >= 0.3 is 0 Å². The van der Waals surface area contributed by atoms with Gasteiger partial charge < -0.3 is 14.5 Å². The van der Waals surface area contributed by atoms with Crippen molar-refractivity contribution in [3.05, 3.63) is 70.5 Å². The molecule has 3 aromatic rings. The van der Waals surface area contributed by atoms with Crippen molar-refractivity contribution in [1.29, 1.82) is 0 Å². The number of piperazine rings is 1. The maximum Gasteiger partial charge on any atom is 0.260 e. The molecule has 1 aliphatic rings. The summed E-state index contributed by atoms with van der Waals surface area (Å²) in [5.41, 5.74) is 0.810. The van der Waals surface area contributed by atoms with Crippen LogP contribution >= 0.6 is 15.9 Å². The molecule has 0 radical (unpaired) electrons. The molecule has 0 aliphatic carbocycles. The second kappa shape index (κ2) is 9.06. The molecule has 0 aromatic heterocycles. The number of rotatable bonds is 5. The van der Waals surface area contributed by atoms with Crippen LogP contribution in [0.2, 0.25) is 0 Å². The molecule has 1 aliphatic heterocycles. The van der Waals surface area contributed by atoms with E-state index in [0.717, 1.165) is 15.2 Å². The van der Waals surface area contributed by atoms with Gasteiger partial charge in [0.2, 0.25) is 0 Å². The number of Topliss-reactive ketones (excluding diaryl/α,β-unsaturated/α-hetero) is 1. The van der Waals surface area contributed by atoms with Crippen molar-refractivity contribution in [3.8, 4) is 5.75 Å². The van der Waals surface area contributed by atoms with Crippen LogP contribution in [0.25, 0.3) is 10.8 Å². The number of carbonyl (C=O) groups is 2. The number of hydrogen-bond acceptors (Lipinski definition) is 4. The predicted molar refractivity (Wildman–Crippen MR) is 122 cm³/mol. The second-order valence-electron chi connectivity index (χ2n) is 7.53. The molecule has 1 fully saturated rings. The Kier molecular flexibility index (Phi) is 6.23. The van der Waals surface area contributed by atoms with E-state index in [1.165, 1.54) is 13.0 Å². The largest absolute Gasteiger partial charge is 0.484 e. The summed E-state index contributed by atoms with van der Waals surface area (Å²) in [5, 5.41) is 2.13. The average Bonchev–Trinajstić information content (AvgIpc) is 2.77. The third kappa shape index (κ3) is 4.88. The molecule has 0 unspecified atom stereocenters. The van der Waals surface area contributed by atoms with Gasteiger partial charge in [-0.3, -0.25) is 9.59 Å². The number of amides is 1. The number of carbonyl (C=O) groups excluding carboxylic acids is 2. The van der Waals surface area contributed by atoms with Gasteiger partial charge in [0.05, 0.1) is 5.69 Å². The van der Waals surface area contributed by atoms with Gasteiger partial charge in [0.1, 0.15) is 11.6 Å². The first-order valence-corrected chi connectivity index (χ1v) is 10.9. The molecular weight excluding hydrogens is 463 g/mol. The van der Waals surface area contributed by atoms with Gasteiger partial charge in [0, 0.05) is 36.2 Å². The summed E-state index contributed by atoms with van der Waals surface area (Å²) >= 11 is 3.46. The van der Waals surface area contributed by atoms with Crippen LogP contribution in [0.4, 0.5) is 10.1 Å². The van der Waals surface area contributed by atoms with Crippen molar-refractivity contribution in [2.45, 2.75) is 6.92 Å². The van der Waals surface area contributed by atoms with Crippen LogP contribution in [0.1, 0.15) is 17.3 Å². The Morgan fingerprint density at radius 2 is 1.68 bits per heavy atom. The summed E-state index contributed by atoms with van der Waals surface area (Å²) in [6.07, 6.45) is 0. The van der Waals surface area contributed by atoms with Crippen molar-refractivity contribution in [2.75, 3.05) is 37.7 Å². The zero-order valence-corrected chi connectivity index (χ0v) is 18.7. The summed E-state index contributed by atoms with van der Waals surface area (Å²) in [4.78, 5) is 27.6. The highest BCUT2D eigenvalue weighted by Gasteiger charge is 2.23. The maximum atomic E-state index is 14.4. The molecule has 7 heteroatoms. The molecule has 5 nitrogen and oxygen atoms in total. The third-order valence-corrected chi connectivity index (χ3v) is 5.96. The first-order valence-electron chi connectivity index (χ1n) is 10.1. The second-order valence-corrected chi connectivity index (χ2v) is 8.45. The van der Waals surface area contributed by atoms with Crippen LogP contribution in [-0.4, -0.2) is 49.4 Å². The molecule has 3 aromatic carbocycles. The van der Waals surface area contributed by atoms with Gasteiger partial charge in [-0.05, 0) is 60.2 Å². The van der Waals surface area contributed by atoms with Crippen molar-refractivity contribution in [2.24, 2.45) is 0 Å². The molecule has 1 saturated heterocycles. The fourth-order valence-electron chi connectivity index (χ4n) is 3.70. The zero-order valence-electron chi connectivity index (χ0n) is 17.1. The molecule has 1 amide bonds. The van der Waals surface area contributed by atoms with Gasteiger partial charge in [-0.25, -0.2) is 4.39 Å². The molecule has 160 valence electrons. The SMILES string of the molecule is CC(=O)c1ccc(N2CCN(C(=O)COc3ccc4cc(Br)ccc4c3)CC2)c(F)c1. The van der Waals surface area contributed by atoms with E-state index >= 15 is 0 Å². The van der Waals surface area contributed by atoms with E-state index < -0.39 is 5.82 Å². The van der Waals surface area contributed by atoms with Crippen LogP contribution < -0.4 is 9.64 Å². The van der Waals surface area contributed by atoms with E-state index in [-0.39, 0.29) is 18.3 Å². The first kappa shape index (κ1) is 21.3. The lowest BCUT2D eigenvalue weighted by atomic mass is 10.1. The van der Waals surface area contributed by atoms with Gasteiger partial charge in [-0.1, -0.05) is 28.1 Å². The molecular formula is C24H22BrFN2O3. The number of ketones is 1. The highest BCUT2D eigenvalue weighted by atomic mass is 79.9. The van der Waals surface area contributed by atoms with Crippen LogP contribution in [0.3, 0.4) is 0 Å². The minimum Gasteiger partial charge on any atom is -0.484 e. The van der Waals surface area contributed by atoms with E-state index in [0.29, 0.717) is 43.2 Å². The lowest BCUT2D eigenvalue weighted by Gasteiger charge is -2.36. The van der Waals surface area contributed by atoms with Crippen LogP contribution in [0.5, 0.6) is 5.75 Å². The van der Waals surface area contributed by atoms with E-state index in [2.05, 4.69) is 15.9 Å². The van der Waals surface area contributed by atoms with Crippen molar-refractivity contribution >= 4 is 44.1 Å². The molecule has 0 bridgehead atoms. The lowest BCUT2D eigenvalue weighted by molar-refractivity contribution is -0.133. The number of ether oxygens (including phenoxy) is 1. The fourth-order valence-corrected chi connectivity index (χ4v) is 4.08. The van der Waals surface area contributed by atoms with E-state index in [9.17, 15) is 14.0 Å². The number of anilines is 1. The molecule has 0 saturated carbocycles. The number of benzene rings is 3. The minimum atomic E-state index is -0.417. The van der Waals surface area contributed by atoms with Gasteiger partial charge in [-0.15, -0.1) is 0 Å². The molecule has 0 atom stereocenters. The number of nitrogens with zero attached hydrogens (tertiary/aromatic N) is 2. The minimum absolute atomic E-state index is 0.0380. The third-order valence-electron chi connectivity index (χ3n) is 5.46. The summed E-state index contributed by atoms with van der Waals surface area (Å²) in [6.45, 7) is 3.39. The van der Waals surface area contributed by atoms with Gasteiger partial charge in [0.25, 0.3) is 5.91 Å². The van der Waals surface area contributed by atoms with Crippen LogP contribution in [0, 0.1) is 5.82 Å². The lowest BCUT2D eigenvalue weighted by Crippen LogP contribution is -2.50. The standard InChI is InChI=1S/C24H22BrFN2O3/c1-16(29)17-4-7-23(22(26)14-17)27-8-10-28(11-9-27)24(30)15-31-21-6-3-18-12-20(25)5-2-19(18)13-21/h2-7,12-14H,8-11,15H2,1H3. The molecule has 0 spiro atoms. The highest BCUT2D eigenvalue weighted by Crippen LogP contribution is 2.25. The van der Waals surface area contributed by atoms with E-state index in [4.69, 9.17) is 4.74 Å². The van der Waals surface area contributed by atoms with Crippen molar-refractivity contribution < 1.29 is 18.7 Å². The maximum absolute atomic E-state index is 14.4. The monoisotopic (exact) mass is 484 g/mol. The fraction of sp³-hybridized carbons (Fsp3) is 0.250. The normalized spacial score (nSPS) is 14.0. The summed E-state index contributed by atoms with van der Waals surface area (Å²) in [6, 6.07) is 16.3. The number of hydrogen-bond donors (Lipinski definition) is 0. The topological polar surface area (TPSA) is 49.9 Å². The Morgan fingerprint density at radius 1 is 0.968 bits per heavy atom. The van der Waals surface area contributed by atoms with E-state index in [1.807, 2.05) is 41.3 Å². The zero-order chi connectivity index (χ0) is 22.0. The Bertz CT molecular complexity index is 1140. The molecule has 1 heterocycles. The summed E-state index contributed by atoms with van der Waals surface area (Å²) in [7, 11) is 0.